The quantitative estimate of drug-likeness (QED) is 0.798. The molecule has 18 heavy (non-hydrogen) atoms. The summed E-state index contributed by atoms with van der Waals surface area (Å²) in [5.74, 6) is 2.88. The van der Waals surface area contributed by atoms with Gasteiger partial charge in [-0.15, -0.1) is 16.7 Å². The first-order valence-corrected chi connectivity index (χ1v) is 6.64. The molecule has 0 saturated carbocycles. The third-order valence-electron chi connectivity index (χ3n) is 2.68. The Morgan fingerprint density at radius 1 is 1.22 bits per heavy atom. The van der Waals surface area contributed by atoms with Crippen molar-refractivity contribution in [2.75, 3.05) is 0 Å². The van der Waals surface area contributed by atoms with Gasteiger partial charge < -0.3 is 0 Å². The Kier molecular flexibility index (Phi) is 3.97. The number of aryl methyl sites for hydroxylation is 3. The van der Waals surface area contributed by atoms with Gasteiger partial charge in [0.15, 0.2) is 5.82 Å². The fourth-order valence-electron chi connectivity index (χ4n) is 1.94. The number of alkyl halides is 1. The van der Waals surface area contributed by atoms with Crippen molar-refractivity contribution in [1.82, 2.24) is 19.7 Å². The number of pyridine rings is 1. The summed E-state index contributed by atoms with van der Waals surface area (Å²) >= 11 is 5.93. The van der Waals surface area contributed by atoms with Gasteiger partial charge in [0.2, 0.25) is 0 Å². The maximum Gasteiger partial charge on any atom is 0.156 e. The van der Waals surface area contributed by atoms with Crippen LogP contribution in [0.1, 0.15) is 36.3 Å². The van der Waals surface area contributed by atoms with Crippen LogP contribution >= 0.6 is 11.6 Å². The van der Waals surface area contributed by atoms with Crippen LogP contribution in [0, 0.1) is 13.8 Å². The van der Waals surface area contributed by atoms with E-state index in [1.807, 2.05) is 19.9 Å². The van der Waals surface area contributed by atoms with Crippen LogP contribution in [0.2, 0.25) is 0 Å². The zero-order valence-corrected chi connectivity index (χ0v) is 11.7. The summed E-state index contributed by atoms with van der Waals surface area (Å²) in [7, 11) is 0. The van der Waals surface area contributed by atoms with Gasteiger partial charge >= 0.3 is 0 Å². The minimum absolute atomic E-state index is 0.485. The highest BCUT2D eigenvalue weighted by atomic mass is 35.5. The second kappa shape index (κ2) is 5.48. The van der Waals surface area contributed by atoms with Crippen LogP contribution in [0.25, 0.3) is 5.82 Å². The van der Waals surface area contributed by atoms with E-state index >= 15 is 0 Å². The van der Waals surface area contributed by atoms with E-state index in [9.17, 15) is 0 Å². The molecule has 0 N–H and O–H groups in total. The zero-order chi connectivity index (χ0) is 13.1. The van der Waals surface area contributed by atoms with E-state index in [2.05, 4.69) is 28.1 Å². The molecule has 0 aliphatic rings. The van der Waals surface area contributed by atoms with E-state index < -0.39 is 0 Å². The maximum atomic E-state index is 5.93. The summed E-state index contributed by atoms with van der Waals surface area (Å²) in [6.45, 7) is 5.94. The van der Waals surface area contributed by atoms with Gasteiger partial charge in [-0.25, -0.2) is 9.97 Å². The van der Waals surface area contributed by atoms with Crippen molar-refractivity contribution in [2.45, 2.75) is 39.5 Å². The zero-order valence-electron chi connectivity index (χ0n) is 10.9. The third kappa shape index (κ3) is 2.70. The molecule has 0 fully saturated rings. The van der Waals surface area contributed by atoms with E-state index in [1.54, 1.807) is 4.68 Å². The van der Waals surface area contributed by atoms with E-state index in [0.29, 0.717) is 5.88 Å². The van der Waals surface area contributed by atoms with Crippen molar-refractivity contribution in [1.29, 1.82) is 0 Å². The summed E-state index contributed by atoms with van der Waals surface area (Å²) in [6.07, 6.45) is 2.01. The van der Waals surface area contributed by atoms with Crippen LogP contribution in [0.4, 0.5) is 0 Å². The highest BCUT2D eigenvalue weighted by Gasteiger charge is 2.09. The molecule has 0 bridgehead atoms. The number of hydrogen-bond donors (Lipinski definition) is 0. The molecule has 0 radical (unpaired) electrons. The largest absolute Gasteiger partial charge is 0.234 e. The molecular weight excluding hydrogens is 248 g/mol. The van der Waals surface area contributed by atoms with Crippen LogP contribution < -0.4 is 0 Å². The molecule has 0 aliphatic carbocycles. The van der Waals surface area contributed by atoms with Gasteiger partial charge in [0, 0.05) is 11.6 Å². The van der Waals surface area contributed by atoms with E-state index in [0.717, 1.165) is 41.6 Å². The Balaban J connectivity index is 2.49. The first-order valence-electron chi connectivity index (χ1n) is 6.10. The monoisotopic (exact) mass is 264 g/mol. The van der Waals surface area contributed by atoms with Gasteiger partial charge in [0.25, 0.3) is 0 Å². The Bertz CT molecular complexity index is 548. The van der Waals surface area contributed by atoms with Crippen molar-refractivity contribution in [3.8, 4) is 5.82 Å². The molecule has 2 aromatic heterocycles. The highest BCUT2D eigenvalue weighted by Crippen LogP contribution is 2.14. The predicted molar refractivity (Wildman–Crippen MR) is 72.2 cm³/mol. The second-order valence-corrected chi connectivity index (χ2v) is 4.59. The summed E-state index contributed by atoms with van der Waals surface area (Å²) in [6, 6.07) is 4.02. The minimum Gasteiger partial charge on any atom is -0.234 e. The van der Waals surface area contributed by atoms with Gasteiger partial charge in [-0.3, -0.25) is 0 Å². The van der Waals surface area contributed by atoms with Crippen LogP contribution in [0.15, 0.2) is 12.1 Å². The molecule has 0 atom stereocenters. The number of nitrogens with zero attached hydrogens (tertiary/aromatic N) is 4. The Hall–Kier alpha value is -1.42. The third-order valence-corrected chi connectivity index (χ3v) is 2.99. The number of halogens is 1. The first kappa shape index (κ1) is 13.0. The average molecular weight is 265 g/mol. The molecule has 0 spiro atoms. The van der Waals surface area contributed by atoms with Gasteiger partial charge in [0.1, 0.15) is 11.6 Å². The molecule has 0 aromatic carbocycles. The Morgan fingerprint density at radius 2 is 2.00 bits per heavy atom. The van der Waals surface area contributed by atoms with Gasteiger partial charge in [-0.2, -0.15) is 4.68 Å². The first-order chi connectivity index (χ1) is 8.63. The van der Waals surface area contributed by atoms with Crippen LogP contribution in [0.5, 0.6) is 0 Å². The summed E-state index contributed by atoms with van der Waals surface area (Å²) < 4.78 is 1.77. The number of hydrogen-bond acceptors (Lipinski definition) is 3. The van der Waals surface area contributed by atoms with Crippen molar-refractivity contribution in [3.05, 3.63) is 35.0 Å². The van der Waals surface area contributed by atoms with Gasteiger partial charge in [-0.05, 0) is 38.0 Å². The molecule has 2 heterocycles. The maximum absolute atomic E-state index is 5.93. The van der Waals surface area contributed by atoms with Gasteiger partial charge in [0.05, 0.1) is 0 Å². The van der Waals surface area contributed by atoms with E-state index in [-0.39, 0.29) is 0 Å². The minimum atomic E-state index is 0.485. The second-order valence-electron chi connectivity index (χ2n) is 4.33. The van der Waals surface area contributed by atoms with Crippen molar-refractivity contribution >= 4 is 11.6 Å². The van der Waals surface area contributed by atoms with E-state index in [4.69, 9.17) is 11.6 Å². The summed E-state index contributed by atoms with van der Waals surface area (Å²) in [5.41, 5.74) is 2.12. The lowest BCUT2D eigenvalue weighted by atomic mass is 10.2. The molecule has 2 rings (SSSR count). The molecule has 0 aliphatic heterocycles. The average Bonchev–Trinajstić information content (AvgIpc) is 2.68. The topological polar surface area (TPSA) is 43.6 Å². The normalized spacial score (nSPS) is 10.9. The highest BCUT2D eigenvalue weighted by molar-refractivity contribution is 6.17. The lowest BCUT2D eigenvalue weighted by molar-refractivity contribution is 0.781. The molecule has 4 nitrogen and oxygen atoms in total. The van der Waals surface area contributed by atoms with Crippen LogP contribution in [0.3, 0.4) is 0 Å². The van der Waals surface area contributed by atoms with Crippen molar-refractivity contribution < 1.29 is 0 Å². The van der Waals surface area contributed by atoms with E-state index in [1.165, 1.54) is 0 Å². The molecule has 0 saturated heterocycles. The fourth-order valence-corrected chi connectivity index (χ4v) is 2.10. The molecular formula is C13H17ClN4. The molecule has 96 valence electrons. The SMILES string of the molecule is CCCc1cc(CCl)cc(-n2nc(C)nc2C)n1. The lowest BCUT2D eigenvalue weighted by Crippen LogP contribution is -2.05. The predicted octanol–water partition coefficient (Wildman–Crippen LogP) is 2.97. The smallest absolute Gasteiger partial charge is 0.156 e. The van der Waals surface area contributed by atoms with Crippen molar-refractivity contribution in [2.24, 2.45) is 0 Å². The molecule has 2 aromatic rings. The van der Waals surface area contributed by atoms with Crippen molar-refractivity contribution in [3.63, 3.8) is 0 Å². The lowest BCUT2D eigenvalue weighted by Gasteiger charge is -2.07. The standard InChI is InChI=1S/C13H17ClN4/c1-4-5-12-6-11(8-14)7-13(16-12)18-10(3)15-9(2)17-18/h6-7H,4-5,8H2,1-3H3. The fraction of sp³-hybridized carbons (Fsp3) is 0.462. The van der Waals surface area contributed by atoms with Crippen LogP contribution in [-0.4, -0.2) is 19.7 Å². The number of rotatable bonds is 4. The molecule has 0 unspecified atom stereocenters. The van der Waals surface area contributed by atoms with Crippen LogP contribution in [-0.2, 0) is 12.3 Å². The summed E-state index contributed by atoms with van der Waals surface area (Å²) in [5, 5.41) is 4.36. The molecule has 0 amide bonds. The summed E-state index contributed by atoms with van der Waals surface area (Å²) in [4.78, 5) is 8.91. The number of aromatic nitrogens is 4. The van der Waals surface area contributed by atoms with Gasteiger partial charge in [-0.1, -0.05) is 13.3 Å². The molecule has 5 heteroatoms. The Labute approximate surface area is 112 Å². The Morgan fingerprint density at radius 3 is 2.56 bits per heavy atom.